The van der Waals surface area contributed by atoms with Crippen LogP contribution in [0, 0.1) is 6.92 Å². The van der Waals surface area contributed by atoms with E-state index in [-0.39, 0.29) is 18.8 Å². The number of ether oxygens (including phenoxy) is 1. The van der Waals surface area contributed by atoms with E-state index >= 15 is 0 Å². The second kappa shape index (κ2) is 9.55. The fourth-order valence-corrected chi connectivity index (χ4v) is 4.70. The molecule has 1 atom stereocenters. The molecule has 0 bridgehead atoms. The summed E-state index contributed by atoms with van der Waals surface area (Å²) in [6, 6.07) is 9.34. The molecule has 4 rings (SSSR count). The fraction of sp³-hybridized carbons (Fsp3) is 0.360. The summed E-state index contributed by atoms with van der Waals surface area (Å²) in [6.45, 7) is 5.21. The van der Waals surface area contributed by atoms with Gasteiger partial charge in [0.1, 0.15) is 18.5 Å². The van der Waals surface area contributed by atoms with Crippen molar-refractivity contribution >= 4 is 34.2 Å². The van der Waals surface area contributed by atoms with E-state index in [4.69, 9.17) is 22.1 Å². The lowest BCUT2D eigenvalue weighted by molar-refractivity contribution is -0.117. The van der Waals surface area contributed by atoms with Crippen molar-refractivity contribution in [3.63, 3.8) is 0 Å². The van der Waals surface area contributed by atoms with Crippen LogP contribution in [0.15, 0.2) is 30.3 Å². The van der Waals surface area contributed by atoms with Crippen molar-refractivity contribution in [3.8, 4) is 5.75 Å². The van der Waals surface area contributed by atoms with Crippen molar-refractivity contribution in [3.05, 3.63) is 63.3 Å². The number of fused-ring (bicyclic) bond motifs is 3. The number of rotatable bonds is 8. The lowest BCUT2D eigenvalue weighted by atomic mass is 10.00. The van der Waals surface area contributed by atoms with Crippen molar-refractivity contribution in [2.24, 2.45) is 5.73 Å². The van der Waals surface area contributed by atoms with E-state index in [0.29, 0.717) is 35.0 Å². The first-order chi connectivity index (χ1) is 15.7. The van der Waals surface area contributed by atoms with Gasteiger partial charge in [-0.1, -0.05) is 17.7 Å². The van der Waals surface area contributed by atoms with Crippen LogP contribution in [0.3, 0.4) is 0 Å². The van der Waals surface area contributed by atoms with Gasteiger partial charge in [-0.2, -0.15) is 0 Å². The van der Waals surface area contributed by atoms with E-state index in [1.807, 2.05) is 25.1 Å². The van der Waals surface area contributed by atoms with Gasteiger partial charge in [0, 0.05) is 53.2 Å². The Hall–Kier alpha value is -2.87. The standard InChI is InChI=1S/C25H28ClN3O4/c1-14-7-16(9-24(27)32)25(19(8-14)15(2)30)33-13-18(31)11-29-6-5-23-21(12-29)20-10-17(26)3-4-22(20)28-23/h3-4,7-8,10,18,28,31H,5-6,9,11-13H2,1-2H3,(H2,27,32). The molecular weight excluding hydrogens is 442 g/mol. The number of β-amino-alcohol motifs (C(OH)–C–C–N with tert-alkyl or cyclic N) is 1. The molecule has 0 saturated carbocycles. The molecule has 7 nitrogen and oxygen atoms in total. The molecule has 2 aromatic carbocycles. The molecule has 1 amide bonds. The van der Waals surface area contributed by atoms with E-state index in [9.17, 15) is 14.7 Å². The lowest BCUT2D eigenvalue weighted by Gasteiger charge is -2.29. The molecule has 1 aromatic heterocycles. The van der Waals surface area contributed by atoms with Gasteiger partial charge in [0.05, 0.1) is 12.0 Å². The second-order valence-corrected chi connectivity index (χ2v) is 9.16. The number of amides is 1. The van der Waals surface area contributed by atoms with Crippen molar-refractivity contribution in [1.82, 2.24) is 9.88 Å². The third-order valence-corrected chi connectivity index (χ3v) is 6.19. The summed E-state index contributed by atoms with van der Waals surface area (Å²) >= 11 is 6.19. The Bertz CT molecular complexity index is 1220. The van der Waals surface area contributed by atoms with Gasteiger partial charge in [0.15, 0.2) is 5.78 Å². The monoisotopic (exact) mass is 469 g/mol. The molecule has 0 aliphatic carbocycles. The number of nitrogens with two attached hydrogens (primary N) is 1. The van der Waals surface area contributed by atoms with Crippen LogP contribution in [0.2, 0.25) is 5.02 Å². The van der Waals surface area contributed by atoms with Crippen LogP contribution >= 0.6 is 11.6 Å². The van der Waals surface area contributed by atoms with Crippen LogP contribution < -0.4 is 10.5 Å². The molecule has 174 valence electrons. The topological polar surface area (TPSA) is 109 Å². The molecule has 1 aliphatic heterocycles. The van der Waals surface area contributed by atoms with Crippen molar-refractivity contribution in [1.29, 1.82) is 0 Å². The molecule has 4 N–H and O–H groups in total. The second-order valence-electron chi connectivity index (χ2n) is 8.72. The molecule has 3 aromatic rings. The quantitative estimate of drug-likeness (QED) is 0.439. The number of primary amides is 1. The van der Waals surface area contributed by atoms with Crippen molar-refractivity contribution < 1.29 is 19.4 Å². The van der Waals surface area contributed by atoms with E-state index < -0.39 is 12.0 Å². The number of hydrogen-bond donors (Lipinski definition) is 3. The number of aromatic amines is 1. The zero-order valence-corrected chi connectivity index (χ0v) is 19.5. The minimum atomic E-state index is -0.775. The van der Waals surface area contributed by atoms with Gasteiger partial charge in [0.2, 0.25) is 5.91 Å². The number of aromatic nitrogens is 1. The predicted molar refractivity (Wildman–Crippen MR) is 128 cm³/mol. The third kappa shape index (κ3) is 5.21. The summed E-state index contributed by atoms with van der Waals surface area (Å²) in [5, 5.41) is 12.5. The minimum Gasteiger partial charge on any atom is -0.490 e. The van der Waals surface area contributed by atoms with Gasteiger partial charge in [-0.3, -0.25) is 14.5 Å². The zero-order valence-electron chi connectivity index (χ0n) is 18.8. The fourth-order valence-electron chi connectivity index (χ4n) is 4.53. The molecule has 2 heterocycles. The van der Waals surface area contributed by atoms with E-state index in [0.717, 1.165) is 29.4 Å². The van der Waals surface area contributed by atoms with E-state index in [2.05, 4.69) is 9.88 Å². The summed E-state index contributed by atoms with van der Waals surface area (Å²) in [7, 11) is 0. The maximum Gasteiger partial charge on any atom is 0.221 e. The van der Waals surface area contributed by atoms with Gasteiger partial charge >= 0.3 is 0 Å². The smallest absolute Gasteiger partial charge is 0.221 e. The first-order valence-electron chi connectivity index (χ1n) is 11.0. The molecule has 0 fully saturated rings. The number of nitrogens with zero attached hydrogens (tertiary/aromatic N) is 1. The zero-order chi connectivity index (χ0) is 23.7. The number of hydrogen-bond acceptors (Lipinski definition) is 5. The van der Waals surface area contributed by atoms with Crippen LogP contribution in [0.4, 0.5) is 0 Å². The first kappa shape index (κ1) is 23.3. The number of aryl methyl sites for hydroxylation is 1. The Balaban J connectivity index is 1.46. The van der Waals surface area contributed by atoms with E-state index in [1.165, 1.54) is 18.2 Å². The van der Waals surface area contributed by atoms with Crippen LogP contribution in [-0.4, -0.2) is 52.5 Å². The average Bonchev–Trinajstić information content (AvgIpc) is 3.09. The largest absolute Gasteiger partial charge is 0.490 e. The molecule has 8 heteroatoms. The number of aliphatic hydroxyl groups is 1. The van der Waals surface area contributed by atoms with E-state index in [1.54, 1.807) is 12.1 Å². The number of aliphatic hydroxyl groups excluding tert-OH is 1. The maximum absolute atomic E-state index is 12.2. The summed E-state index contributed by atoms with van der Waals surface area (Å²) < 4.78 is 5.90. The molecule has 0 spiro atoms. The van der Waals surface area contributed by atoms with Gasteiger partial charge in [-0.05, 0) is 49.2 Å². The highest BCUT2D eigenvalue weighted by Gasteiger charge is 2.24. The van der Waals surface area contributed by atoms with Crippen LogP contribution in [0.25, 0.3) is 10.9 Å². The number of H-pyrrole nitrogens is 1. The number of nitrogens with one attached hydrogen (secondary N) is 1. The SMILES string of the molecule is CC(=O)c1cc(C)cc(CC(N)=O)c1OCC(O)CN1CCc2[nH]c3ccc(Cl)cc3c2C1. The highest BCUT2D eigenvalue weighted by Crippen LogP contribution is 2.30. The number of Topliss-reactive ketones (excluding diaryl/α,β-unsaturated/α-hetero) is 1. The molecule has 1 aliphatic rings. The Morgan fingerprint density at radius 3 is 2.82 bits per heavy atom. The summed E-state index contributed by atoms with van der Waals surface area (Å²) in [5.41, 5.74) is 10.6. The Morgan fingerprint density at radius 2 is 2.09 bits per heavy atom. The normalized spacial score (nSPS) is 14.8. The number of ketones is 1. The summed E-state index contributed by atoms with van der Waals surface area (Å²) in [5.74, 6) is -0.364. The highest BCUT2D eigenvalue weighted by molar-refractivity contribution is 6.31. The number of halogens is 1. The maximum atomic E-state index is 12.2. The Morgan fingerprint density at radius 1 is 1.30 bits per heavy atom. The van der Waals surface area contributed by atoms with Gasteiger partial charge < -0.3 is 20.6 Å². The summed E-state index contributed by atoms with van der Waals surface area (Å²) in [6.07, 6.45) is 0.0402. The van der Waals surface area contributed by atoms with Crippen molar-refractivity contribution in [2.75, 3.05) is 19.7 Å². The predicted octanol–water partition coefficient (Wildman–Crippen LogP) is 3.16. The van der Waals surface area contributed by atoms with Crippen LogP contribution in [0.1, 0.15) is 39.7 Å². The first-order valence-corrected chi connectivity index (χ1v) is 11.3. The van der Waals surface area contributed by atoms with Gasteiger partial charge in [-0.15, -0.1) is 0 Å². The van der Waals surface area contributed by atoms with Gasteiger partial charge in [-0.25, -0.2) is 0 Å². The third-order valence-electron chi connectivity index (χ3n) is 5.96. The Labute approximate surface area is 197 Å². The molecule has 1 unspecified atom stereocenters. The van der Waals surface area contributed by atoms with Crippen molar-refractivity contribution in [2.45, 2.75) is 39.3 Å². The van der Waals surface area contributed by atoms with Crippen LogP contribution in [0.5, 0.6) is 5.75 Å². The number of carbonyl (C=O) groups excluding carboxylic acids is 2. The molecule has 33 heavy (non-hydrogen) atoms. The molecular formula is C25H28ClN3O4. The average molecular weight is 470 g/mol. The number of benzene rings is 2. The Kier molecular flexibility index (Phi) is 6.74. The molecule has 0 radical (unpaired) electrons. The summed E-state index contributed by atoms with van der Waals surface area (Å²) in [4.78, 5) is 29.3. The highest BCUT2D eigenvalue weighted by atomic mass is 35.5. The number of carbonyl (C=O) groups is 2. The van der Waals surface area contributed by atoms with Gasteiger partial charge in [0.25, 0.3) is 0 Å². The van der Waals surface area contributed by atoms with Crippen LogP contribution in [-0.2, 0) is 24.2 Å². The minimum absolute atomic E-state index is 0.00181. The molecule has 0 saturated heterocycles. The lowest BCUT2D eigenvalue weighted by Crippen LogP contribution is -2.38.